The van der Waals surface area contributed by atoms with Crippen molar-refractivity contribution in [2.45, 2.75) is 38.9 Å². The number of hydrogen-bond donors (Lipinski definition) is 0. The van der Waals surface area contributed by atoms with E-state index in [1.54, 1.807) is 13.8 Å². The van der Waals surface area contributed by atoms with Gasteiger partial charge in [0.2, 0.25) is 0 Å². The molecule has 2 heterocycles. The fourth-order valence-corrected chi connectivity index (χ4v) is 1.92. The van der Waals surface area contributed by atoms with Crippen LogP contribution in [0, 0.1) is 0 Å². The second-order valence-corrected chi connectivity index (χ2v) is 4.91. The number of ether oxygens (including phenoxy) is 7. The summed E-state index contributed by atoms with van der Waals surface area (Å²) < 4.78 is 33.8. The van der Waals surface area contributed by atoms with Crippen molar-refractivity contribution in [2.75, 3.05) is 46.4 Å². The smallest absolute Gasteiger partial charge is 0.435 e. The third-order valence-corrected chi connectivity index (χ3v) is 2.97. The highest BCUT2D eigenvalue weighted by molar-refractivity contribution is 5.60. The fourth-order valence-electron chi connectivity index (χ4n) is 1.92. The molecule has 0 radical (unpaired) electrons. The van der Waals surface area contributed by atoms with Gasteiger partial charge in [0.05, 0.1) is 32.5 Å². The molecule has 24 heavy (non-hydrogen) atoms. The van der Waals surface area contributed by atoms with Crippen molar-refractivity contribution in [1.82, 2.24) is 0 Å². The maximum Gasteiger partial charge on any atom is 0.508 e. The van der Waals surface area contributed by atoms with Crippen molar-refractivity contribution in [2.24, 2.45) is 0 Å². The summed E-state index contributed by atoms with van der Waals surface area (Å²) in [7, 11) is 0. The van der Waals surface area contributed by atoms with E-state index >= 15 is 0 Å². The van der Waals surface area contributed by atoms with Crippen molar-refractivity contribution in [3.05, 3.63) is 0 Å². The zero-order valence-corrected chi connectivity index (χ0v) is 14.2. The van der Waals surface area contributed by atoms with E-state index in [4.69, 9.17) is 23.7 Å². The van der Waals surface area contributed by atoms with Gasteiger partial charge in [0.1, 0.15) is 13.4 Å². The van der Waals surface area contributed by atoms with Crippen LogP contribution in [0.1, 0.15) is 26.7 Å². The molecule has 0 saturated carbocycles. The maximum absolute atomic E-state index is 10.8. The first-order chi connectivity index (χ1) is 11.7. The normalized spacial score (nSPS) is 20.5. The van der Waals surface area contributed by atoms with Gasteiger partial charge >= 0.3 is 12.3 Å². The van der Waals surface area contributed by atoms with Crippen LogP contribution in [0.15, 0.2) is 0 Å². The number of hydrogen-bond acceptors (Lipinski definition) is 9. The van der Waals surface area contributed by atoms with Gasteiger partial charge in [0.25, 0.3) is 0 Å². The average molecular weight is 350 g/mol. The molecule has 0 amide bonds. The Bertz CT molecular complexity index is 349. The molecule has 0 aromatic carbocycles. The Morgan fingerprint density at radius 1 is 1.00 bits per heavy atom. The summed E-state index contributed by atoms with van der Waals surface area (Å²) in [5.41, 5.74) is 0. The van der Waals surface area contributed by atoms with E-state index in [0.29, 0.717) is 33.0 Å². The van der Waals surface area contributed by atoms with Gasteiger partial charge < -0.3 is 33.2 Å². The van der Waals surface area contributed by atoms with Crippen LogP contribution in [0.25, 0.3) is 0 Å². The Hall–Kier alpha value is -1.58. The van der Waals surface area contributed by atoms with E-state index in [2.05, 4.69) is 9.47 Å². The van der Waals surface area contributed by atoms with E-state index in [1.165, 1.54) is 0 Å². The van der Waals surface area contributed by atoms with E-state index in [0.717, 1.165) is 19.4 Å². The van der Waals surface area contributed by atoms with Gasteiger partial charge in [-0.3, -0.25) is 0 Å². The van der Waals surface area contributed by atoms with Crippen LogP contribution < -0.4 is 0 Å². The standard InChI is InChI=1S/C8H14O4.C7H12O5/c1-2-10-8(9)12-6-7-4-3-5-11-7;1-2-11-7(8)12-6-3-9-5-10-4-6/h7H,2-6H2,1H3;6H,2-5H2,1H3. The summed E-state index contributed by atoms with van der Waals surface area (Å²) in [5, 5.41) is 0. The Kier molecular flexibility index (Phi) is 10.9. The quantitative estimate of drug-likeness (QED) is 0.688. The van der Waals surface area contributed by atoms with E-state index in [9.17, 15) is 9.59 Å². The first-order valence-electron chi connectivity index (χ1n) is 8.05. The molecule has 0 aliphatic carbocycles. The molecule has 2 aliphatic heterocycles. The Morgan fingerprint density at radius 2 is 1.67 bits per heavy atom. The monoisotopic (exact) mass is 350 g/mol. The van der Waals surface area contributed by atoms with Gasteiger partial charge in [-0.15, -0.1) is 0 Å². The number of carbonyl (C=O) groups excluding carboxylic acids is 2. The minimum atomic E-state index is -0.670. The maximum atomic E-state index is 10.8. The molecule has 2 aliphatic rings. The van der Waals surface area contributed by atoms with Crippen LogP contribution in [-0.4, -0.2) is 71.0 Å². The molecule has 2 fully saturated rings. The van der Waals surface area contributed by atoms with Gasteiger partial charge in [-0.25, -0.2) is 9.59 Å². The van der Waals surface area contributed by atoms with Crippen LogP contribution in [0.2, 0.25) is 0 Å². The van der Waals surface area contributed by atoms with Crippen molar-refractivity contribution >= 4 is 12.3 Å². The molecule has 9 heteroatoms. The van der Waals surface area contributed by atoms with E-state index < -0.39 is 12.3 Å². The molecule has 140 valence electrons. The van der Waals surface area contributed by atoms with E-state index in [-0.39, 0.29) is 19.0 Å². The third kappa shape index (κ3) is 9.53. The molecule has 0 aromatic heterocycles. The number of rotatable bonds is 5. The third-order valence-electron chi connectivity index (χ3n) is 2.97. The molecule has 9 nitrogen and oxygen atoms in total. The second kappa shape index (κ2) is 12.8. The summed E-state index contributed by atoms with van der Waals surface area (Å²) in [6.45, 7) is 6.23. The van der Waals surface area contributed by atoms with Gasteiger partial charge in [0.15, 0.2) is 6.10 Å². The van der Waals surface area contributed by atoms with Crippen LogP contribution in [0.3, 0.4) is 0 Å². The van der Waals surface area contributed by atoms with Crippen LogP contribution in [0.5, 0.6) is 0 Å². The fraction of sp³-hybridized carbons (Fsp3) is 0.867. The Morgan fingerprint density at radius 3 is 2.25 bits per heavy atom. The minimum Gasteiger partial charge on any atom is -0.435 e. The highest BCUT2D eigenvalue weighted by atomic mass is 16.8. The summed E-state index contributed by atoms with van der Waals surface area (Å²) in [6.07, 6.45) is 0.493. The van der Waals surface area contributed by atoms with Crippen LogP contribution in [0.4, 0.5) is 9.59 Å². The van der Waals surface area contributed by atoms with Crippen molar-refractivity contribution in [3.63, 3.8) is 0 Å². The lowest BCUT2D eigenvalue weighted by molar-refractivity contribution is -0.157. The molecule has 1 atom stereocenters. The van der Waals surface area contributed by atoms with Crippen LogP contribution in [-0.2, 0) is 33.2 Å². The Balaban J connectivity index is 0.000000240. The van der Waals surface area contributed by atoms with Gasteiger partial charge in [-0.05, 0) is 26.7 Å². The molecular weight excluding hydrogens is 324 g/mol. The molecule has 2 saturated heterocycles. The first kappa shape index (κ1) is 20.5. The highest BCUT2D eigenvalue weighted by Crippen LogP contribution is 2.12. The lowest BCUT2D eigenvalue weighted by Gasteiger charge is -2.21. The molecule has 0 aromatic rings. The molecular formula is C15H26O9. The summed E-state index contributed by atoms with van der Waals surface area (Å²) >= 11 is 0. The van der Waals surface area contributed by atoms with Gasteiger partial charge in [-0.2, -0.15) is 0 Å². The largest absolute Gasteiger partial charge is 0.508 e. The lowest BCUT2D eigenvalue weighted by atomic mass is 10.2. The van der Waals surface area contributed by atoms with Crippen molar-refractivity contribution < 1.29 is 42.7 Å². The Labute approximate surface area is 141 Å². The highest BCUT2D eigenvalue weighted by Gasteiger charge is 2.19. The molecule has 0 spiro atoms. The van der Waals surface area contributed by atoms with Crippen LogP contribution >= 0.6 is 0 Å². The van der Waals surface area contributed by atoms with Gasteiger partial charge in [-0.1, -0.05) is 0 Å². The topological polar surface area (TPSA) is 98.8 Å². The minimum absolute atomic E-state index is 0.0782. The average Bonchev–Trinajstić information content (AvgIpc) is 3.08. The molecule has 0 bridgehead atoms. The van der Waals surface area contributed by atoms with Crippen molar-refractivity contribution in [1.29, 1.82) is 0 Å². The zero-order chi connectivity index (χ0) is 17.6. The van der Waals surface area contributed by atoms with E-state index in [1.807, 2.05) is 0 Å². The predicted octanol–water partition coefficient (Wildman–Crippen LogP) is 1.87. The summed E-state index contributed by atoms with van der Waals surface area (Å²) in [5.74, 6) is 0. The zero-order valence-electron chi connectivity index (χ0n) is 14.2. The number of carbonyl (C=O) groups is 2. The summed E-state index contributed by atoms with van der Waals surface area (Å²) in [4.78, 5) is 21.5. The van der Waals surface area contributed by atoms with Crippen molar-refractivity contribution in [3.8, 4) is 0 Å². The molecule has 1 unspecified atom stereocenters. The predicted molar refractivity (Wildman–Crippen MR) is 80.6 cm³/mol. The SMILES string of the molecule is CCOC(=O)OC1COCOC1.CCOC(=O)OCC1CCCO1. The lowest BCUT2D eigenvalue weighted by Crippen LogP contribution is -2.33. The molecule has 2 rings (SSSR count). The summed E-state index contributed by atoms with van der Waals surface area (Å²) in [6, 6.07) is 0. The second-order valence-electron chi connectivity index (χ2n) is 4.91. The molecule has 0 N–H and O–H groups in total. The first-order valence-corrected chi connectivity index (χ1v) is 8.05. The van der Waals surface area contributed by atoms with Gasteiger partial charge in [0, 0.05) is 6.61 Å².